The second-order valence-corrected chi connectivity index (χ2v) is 6.27. The molecule has 1 aromatic heterocycles. The van der Waals surface area contributed by atoms with Crippen molar-refractivity contribution in [3.63, 3.8) is 0 Å². The molecule has 0 saturated carbocycles. The summed E-state index contributed by atoms with van der Waals surface area (Å²) < 4.78 is 1.96. The lowest BCUT2D eigenvalue weighted by Gasteiger charge is -2.15. The van der Waals surface area contributed by atoms with E-state index in [1.807, 2.05) is 23.7 Å². The molecule has 2 aromatic rings. The minimum Gasteiger partial charge on any atom is -0.390 e. The maximum Gasteiger partial charge on any atom is 0.191 e. The Balaban J connectivity index is 2.20. The van der Waals surface area contributed by atoms with Crippen LogP contribution in [0.1, 0.15) is 19.4 Å². The molecule has 1 heterocycles. The molecule has 19 heavy (non-hydrogen) atoms. The number of rotatable bonds is 4. The van der Waals surface area contributed by atoms with E-state index in [9.17, 15) is 5.11 Å². The number of hydrogen-bond acceptors (Lipinski definition) is 4. The molecule has 0 amide bonds. The molecule has 0 bridgehead atoms. The van der Waals surface area contributed by atoms with Crippen molar-refractivity contribution in [2.75, 3.05) is 5.75 Å². The SMILES string of the molecule is Cc1ccc(-c2nnc(SCC(C)(C)O)n2C)cc1. The number of aliphatic hydroxyl groups is 1. The van der Waals surface area contributed by atoms with Crippen molar-refractivity contribution in [3.05, 3.63) is 29.8 Å². The van der Waals surface area contributed by atoms with Crippen molar-refractivity contribution < 1.29 is 5.11 Å². The number of aromatic nitrogens is 3. The molecule has 0 aliphatic rings. The third-order valence-corrected chi connectivity index (χ3v) is 4.16. The van der Waals surface area contributed by atoms with Crippen LogP contribution < -0.4 is 0 Å². The highest BCUT2D eigenvalue weighted by molar-refractivity contribution is 7.99. The number of hydrogen-bond donors (Lipinski definition) is 1. The highest BCUT2D eigenvalue weighted by Crippen LogP contribution is 2.25. The van der Waals surface area contributed by atoms with Crippen LogP contribution in [0.25, 0.3) is 11.4 Å². The number of thioether (sulfide) groups is 1. The smallest absolute Gasteiger partial charge is 0.191 e. The quantitative estimate of drug-likeness (QED) is 0.873. The molecule has 2 rings (SSSR count). The summed E-state index contributed by atoms with van der Waals surface area (Å²) >= 11 is 1.51. The van der Waals surface area contributed by atoms with Crippen LogP contribution in [0.15, 0.2) is 29.4 Å². The van der Waals surface area contributed by atoms with Crippen molar-refractivity contribution >= 4 is 11.8 Å². The Bertz CT molecular complexity index is 555. The number of aryl methyl sites for hydroxylation is 1. The van der Waals surface area contributed by atoms with Crippen molar-refractivity contribution in [2.45, 2.75) is 31.5 Å². The standard InChI is InChI=1S/C14H19N3OS/c1-10-5-7-11(8-6-10)12-15-16-13(17(12)4)19-9-14(2,3)18/h5-8,18H,9H2,1-4H3. The molecule has 102 valence electrons. The molecule has 1 N–H and O–H groups in total. The fraction of sp³-hybridized carbons (Fsp3) is 0.429. The number of benzene rings is 1. The molecule has 0 aliphatic carbocycles. The van der Waals surface area contributed by atoms with Crippen LogP contribution in [0.3, 0.4) is 0 Å². The summed E-state index contributed by atoms with van der Waals surface area (Å²) in [6.45, 7) is 5.64. The Labute approximate surface area is 117 Å². The van der Waals surface area contributed by atoms with Crippen molar-refractivity contribution in [3.8, 4) is 11.4 Å². The topological polar surface area (TPSA) is 50.9 Å². The summed E-state index contributed by atoms with van der Waals surface area (Å²) in [5.74, 6) is 1.44. The zero-order chi connectivity index (χ0) is 14.0. The van der Waals surface area contributed by atoms with E-state index in [-0.39, 0.29) is 0 Å². The van der Waals surface area contributed by atoms with Gasteiger partial charge < -0.3 is 9.67 Å². The molecule has 0 fully saturated rings. The average Bonchev–Trinajstić information content (AvgIpc) is 2.68. The van der Waals surface area contributed by atoms with Gasteiger partial charge in [-0.25, -0.2) is 0 Å². The van der Waals surface area contributed by atoms with Crippen LogP contribution in [0.2, 0.25) is 0 Å². The molecule has 0 saturated heterocycles. The van der Waals surface area contributed by atoms with Gasteiger partial charge in [-0.2, -0.15) is 0 Å². The van der Waals surface area contributed by atoms with E-state index in [1.54, 1.807) is 13.8 Å². The Kier molecular flexibility index (Phi) is 3.96. The normalized spacial score (nSPS) is 11.8. The minimum atomic E-state index is -0.708. The van der Waals surface area contributed by atoms with Crippen molar-refractivity contribution in [1.29, 1.82) is 0 Å². The van der Waals surface area contributed by atoms with Crippen LogP contribution in [-0.4, -0.2) is 31.2 Å². The molecule has 0 aliphatic heterocycles. The molecular weight excluding hydrogens is 258 g/mol. The lowest BCUT2D eigenvalue weighted by Crippen LogP contribution is -2.22. The van der Waals surface area contributed by atoms with E-state index in [0.29, 0.717) is 5.75 Å². The van der Waals surface area contributed by atoms with E-state index < -0.39 is 5.60 Å². The van der Waals surface area contributed by atoms with Gasteiger partial charge in [0.1, 0.15) is 0 Å². The van der Waals surface area contributed by atoms with Gasteiger partial charge in [-0.05, 0) is 20.8 Å². The average molecular weight is 277 g/mol. The van der Waals surface area contributed by atoms with Crippen LogP contribution in [0.5, 0.6) is 0 Å². The summed E-state index contributed by atoms with van der Waals surface area (Å²) in [7, 11) is 1.95. The maximum absolute atomic E-state index is 9.75. The van der Waals surface area contributed by atoms with E-state index in [4.69, 9.17) is 0 Å². The van der Waals surface area contributed by atoms with Gasteiger partial charge >= 0.3 is 0 Å². The van der Waals surface area contributed by atoms with Crippen LogP contribution in [0.4, 0.5) is 0 Å². The van der Waals surface area contributed by atoms with Gasteiger partial charge in [0.15, 0.2) is 11.0 Å². The van der Waals surface area contributed by atoms with Gasteiger partial charge in [-0.15, -0.1) is 10.2 Å². The Hall–Kier alpha value is -1.33. The van der Waals surface area contributed by atoms with Crippen molar-refractivity contribution in [2.24, 2.45) is 7.05 Å². The first-order valence-corrected chi connectivity index (χ1v) is 7.17. The fourth-order valence-corrected chi connectivity index (χ4v) is 2.50. The molecule has 0 atom stereocenters. The highest BCUT2D eigenvalue weighted by Gasteiger charge is 2.17. The van der Waals surface area contributed by atoms with Gasteiger partial charge in [0.05, 0.1) is 5.60 Å². The Morgan fingerprint density at radius 2 is 1.84 bits per heavy atom. The maximum atomic E-state index is 9.75. The molecule has 4 nitrogen and oxygen atoms in total. The minimum absolute atomic E-state index is 0.590. The summed E-state index contributed by atoms with van der Waals surface area (Å²) in [6, 6.07) is 8.22. The summed E-state index contributed by atoms with van der Waals surface area (Å²) in [6.07, 6.45) is 0. The molecule has 0 radical (unpaired) electrons. The van der Waals surface area contributed by atoms with Crippen LogP contribution >= 0.6 is 11.8 Å². The zero-order valence-electron chi connectivity index (χ0n) is 11.7. The first-order valence-electron chi connectivity index (χ1n) is 6.18. The summed E-state index contributed by atoms with van der Waals surface area (Å²) in [4.78, 5) is 0. The van der Waals surface area contributed by atoms with Crippen LogP contribution in [-0.2, 0) is 7.05 Å². The van der Waals surface area contributed by atoms with E-state index in [0.717, 1.165) is 16.5 Å². The Morgan fingerprint density at radius 1 is 1.21 bits per heavy atom. The van der Waals surface area contributed by atoms with E-state index >= 15 is 0 Å². The monoisotopic (exact) mass is 277 g/mol. The van der Waals surface area contributed by atoms with E-state index in [2.05, 4.69) is 29.3 Å². The predicted octanol–water partition coefficient (Wildman–Crippen LogP) is 2.65. The summed E-state index contributed by atoms with van der Waals surface area (Å²) in [5, 5.41) is 19.0. The molecular formula is C14H19N3OS. The van der Waals surface area contributed by atoms with Crippen LogP contribution in [0, 0.1) is 6.92 Å². The van der Waals surface area contributed by atoms with Gasteiger partial charge in [0, 0.05) is 18.4 Å². The lowest BCUT2D eigenvalue weighted by molar-refractivity contribution is 0.107. The van der Waals surface area contributed by atoms with Gasteiger partial charge in [-0.1, -0.05) is 41.6 Å². The second-order valence-electron chi connectivity index (χ2n) is 5.33. The van der Waals surface area contributed by atoms with Gasteiger partial charge in [0.2, 0.25) is 0 Å². The zero-order valence-corrected chi connectivity index (χ0v) is 12.5. The highest BCUT2D eigenvalue weighted by atomic mass is 32.2. The molecule has 0 unspecified atom stereocenters. The number of nitrogens with zero attached hydrogens (tertiary/aromatic N) is 3. The van der Waals surface area contributed by atoms with Crippen molar-refractivity contribution in [1.82, 2.24) is 14.8 Å². The molecule has 1 aromatic carbocycles. The first-order chi connectivity index (χ1) is 8.87. The largest absolute Gasteiger partial charge is 0.390 e. The Morgan fingerprint density at radius 3 is 2.42 bits per heavy atom. The summed E-state index contributed by atoms with van der Waals surface area (Å²) in [5.41, 5.74) is 1.57. The molecule has 0 spiro atoms. The second kappa shape index (κ2) is 5.35. The lowest BCUT2D eigenvalue weighted by atomic mass is 10.1. The fourth-order valence-electron chi connectivity index (χ4n) is 1.64. The molecule has 5 heteroatoms. The van der Waals surface area contributed by atoms with Gasteiger partial charge in [0.25, 0.3) is 0 Å². The third-order valence-electron chi connectivity index (χ3n) is 2.70. The predicted molar refractivity (Wildman–Crippen MR) is 78.2 cm³/mol. The third kappa shape index (κ3) is 3.58. The first kappa shape index (κ1) is 14.1. The van der Waals surface area contributed by atoms with E-state index in [1.165, 1.54) is 17.3 Å². The van der Waals surface area contributed by atoms with Gasteiger partial charge in [-0.3, -0.25) is 0 Å².